The van der Waals surface area contributed by atoms with E-state index in [1.54, 1.807) is 0 Å². The zero-order valence-electron chi connectivity index (χ0n) is 5.41. The molecule has 1 aliphatic heterocycles. The molecule has 1 saturated heterocycles. The van der Waals surface area contributed by atoms with E-state index in [4.69, 9.17) is 0 Å². The van der Waals surface area contributed by atoms with Crippen LogP contribution in [0.5, 0.6) is 0 Å². The van der Waals surface area contributed by atoms with Crippen molar-refractivity contribution >= 4 is 0 Å². The van der Waals surface area contributed by atoms with Crippen molar-refractivity contribution < 1.29 is 0 Å². The van der Waals surface area contributed by atoms with E-state index in [1.165, 1.54) is 18.5 Å². The Morgan fingerprint density at radius 1 is 1.88 bits per heavy atom. The largest absolute Gasteiger partial charge is 0.389 e. The summed E-state index contributed by atoms with van der Waals surface area (Å²) in [7, 11) is 0. The molecule has 0 bridgehead atoms. The second kappa shape index (κ2) is 2.21. The van der Waals surface area contributed by atoms with E-state index in [1.807, 2.05) is 0 Å². The van der Waals surface area contributed by atoms with E-state index in [2.05, 4.69) is 18.8 Å². The van der Waals surface area contributed by atoms with E-state index < -0.39 is 0 Å². The van der Waals surface area contributed by atoms with Gasteiger partial charge in [0.25, 0.3) is 0 Å². The lowest BCUT2D eigenvalue weighted by Gasteiger charge is -2.03. The Kier molecular flexibility index (Phi) is 1.56. The Morgan fingerprint density at radius 2 is 2.62 bits per heavy atom. The van der Waals surface area contributed by atoms with Gasteiger partial charge in [-0.25, -0.2) is 0 Å². The van der Waals surface area contributed by atoms with E-state index in [-0.39, 0.29) is 0 Å². The van der Waals surface area contributed by atoms with E-state index in [0.29, 0.717) is 0 Å². The first-order chi connectivity index (χ1) is 3.84. The van der Waals surface area contributed by atoms with Gasteiger partial charge >= 0.3 is 0 Å². The van der Waals surface area contributed by atoms with Gasteiger partial charge in [0.2, 0.25) is 0 Å². The molecule has 1 aliphatic rings. The summed E-state index contributed by atoms with van der Waals surface area (Å²) in [6.07, 6.45) is 2.53. The fourth-order valence-electron chi connectivity index (χ4n) is 1.18. The van der Waals surface area contributed by atoms with Crippen LogP contribution in [0.25, 0.3) is 0 Å². The summed E-state index contributed by atoms with van der Waals surface area (Å²) in [4.78, 5) is 0. The molecule has 0 aromatic heterocycles. The lowest BCUT2D eigenvalue weighted by molar-refractivity contribution is 0.619. The molecular weight excluding hydrogens is 98.1 g/mol. The summed E-state index contributed by atoms with van der Waals surface area (Å²) in [5.41, 5.74) is 1.24. The lowest BCUT2D eigenvalue weighted by atomic mass is 10.0. The van der Waals surface area contributed by atoms with Crippen LogP contribution in [-0.2, 0) is 0 Å². The topological polar surface area (TPSA) is 12.0 Å². The third-order valence-corrected chi connectivity index (χ3v) is 1.83. The molecular formula is C7H13N. The van der Waals surface area contributed by atoms with Crippen molar-refractivity contribution in [3.8, 4) is 0 Å². The van der Waals surface area contributed by atoms with Crippen LogP contribution in [0.4, 0.5) is 0 Å². The van der Waals surface area contributed by atoms with Crippen LogP contribution in [0.3, 0.4) is 0 Å². The Hall–Kier alpha value is -0.460. The highest BCUT2D eigenvalue weighted by Gasteiger charge is 2.15. The average Bonchev–Trinajstić information content (AvgIpc) is 2.14. The molecule has 1 nitrogen and oxygen atoms in total. The van der Waals surface area contributed by atoms with Gasteiger partial charge in [0.05, 0.1) is 0 Å². The van der Waals surface area contributed by atoms with Gasteiger partial charge in [-0.1, -0.05) is 13.5 Å². The summed E-state index contributed by atoms with van der Waals surface area (Å²) in [5, 5.41) is 3.23. The zero-order valence-corrected chi connectivity index (χ0v) is 5.41. The lowest BCUT2D eigenvalue weighted by Crippen LogP contribution is -2.04. The van der Waals surface area contributed by atoms with Crippen molar-refractivity contribution in [2.75, 3.05) is 6.54 Å². The molecule has 1 rings (SSSR count). The molecule has 1 N–H and O–H groups in total. The quantitative estimate of drug-likeness (QED) is 0.541. The average molecular weight is 111 g/mol. The fourth-order valence-corrected chi connectivity index (χ4v) is 1.18. The highest BCUT2D eigenvalue weighted by Crippen LogP contribution is 2.19. The maximum atomic E-state index is 3.90. The zero-order chi connectivity index (χ0) is 5.98. The van der Waals surface area contributed by atoms with Crippen molar-refractivity contribution in [3.63, 3.8) is 0 Å². The van der Waals surface area contributed by atoms with Crippen molar-refractivity contribution in [2.45, 2.75) is 19.8 Å². The van der Waals surface area contributed by atoms with Crippen molar-refractivity contribution in [1.29, 1.82) is 0 Å². The molecule has 0 aromatic carbocycles. The SMILES string of the molecule is C=C1NCCC1CC. The van der Waals surface area contributed by atoms with Crippen LogP contribution in [0.1, 0.15) is 19.8 Å². The van der Waals surface area contributed by atoms with Gasteiger partial charge in [-0.15, -0.1) is 0 Å². The third-order valence-electron chi connectivity index (χ3n) is 1.83. The molecule has 0 saturated carbocycles. The highest BCUT2D eigenvalue weighted by molar-refractivity contribution is 5.02. The minimum absolute atomic E-state index is 0.759. The predicted octanol–water partition coefficient (Wildman–Crippen LogP) is 1.52. The molecule has 46 valence electrons. The first-order valence-electron chi connectivity index (χ1n) is 3.27. The summed E-state index contributed by atoms with van der Waals surface area (Å²) >= 11 is 0. The minimum Gasteiger partial charge on any atom is -0.389 e. The fraction of sp³-hybridized carbons (Fsp3) is 0.714. The number of nitrogens with one attached hydrogen (secondary N) is 1. The van der Waals surface area contributed by atoms with Crippen LogP contribution in [-0.4, -0.2) is 6.54 Å². The van der Waals surface area contributed by atoms with E-state index in [0.717, 1.165) is 12.5 Å². The molecule has 8 heavy (non-hydrogen) atoms. The number of hydrogen-bond donors (Lipinski definition) is 1. The molecule has 0 radical (unpaired) electrons. The van der Waals surface area contributed by atoms with Crippen molar-refractivity contribution in [2.24, 2.45) is 5.92 Å². The van der Waals surface area contributed by atoms with Crippen molar-refractivity contribution in [3.05, 3.63) is 12.3 Å². The third kappa shape index (κ3) is 0.857. The first kappa shape index (κ1) is 5.67. The Balaban J connectivity index is 2.42. The molecule has 1 heteroatoms. The number of rotatable bonds is 1. The summed E-state index contributed by atoms with van der Waals surface area (Å²) < 4.78 is 0. The van der Waals surface area contributed by atoms with Gasteiger partial charge in [-0.05, 0) is 18.8 Å². The monoisotopic (exact) mass is 111 g/mol. The van der Waals surface area contributed by atoms with Crippen molar-refractivity contribution in [1.82, 2.24) is 5.32 Å². The Bertz CT molecular complexity index is 96.6. The standard InChI is InChI=1S/C7H13N/c1-3-7-4-5-8-6(7)2/h7-8H,2-5H2,1H3. The Labute approximate surface area is 50.8 Å². The molecule has 0 aliphatic carbocycles. The van der Waals surface area contributed by atoms with Crippen LogP contribution < -0.4 is 5.32 Å². The molecule has 0 spiro atoms. The molecule has 1 heterocycles. The molecule has 1 atom stereocenters. The first-order valence-corrected chi connectivity index (χ1v) is 3.27. The van der Waals surface area contributed by atoms with E-state index in [9.17, 15) is 0 Å². The van der Waals surface area contributed by atoms with Crippen LogP contribution in [0.15, 0.2) is 12.3 Å². The van der Waals surface area contributed by atoms with Crippen LogP contribution in [0.2, 0.25) is 0 Å². The summed E-state index contributed by atoms with van der Waals surface area (Å²) in [6.45, 7) is 7.24. The maximum absolute atomic E-state index is 3.90. The number of hydrogen-bond acceptors (Lipinski definition) is 1. The van der Waals surface area contributed by atoms with Gasteiger partial charge in [0, 0.05) is 12.2 Å². The van der Waals surface area contributed by atoms with Crippen LogP contribution >= 0.6 is 0 Å². The number of allylic oxidation sites excluding steroid dienone is 1. The normalized spacial score (nSPS) is 28.1. The summed E-state index contributed by atoms with van der Waals surface area (Å²) in [6, 6.07) is 0. The highest BCUT2D eigenvalue weighted by atomic mass is 14.9. The maximum Gasteiger partial charge on any atom is 0.0150 e. The van der Waals surface area contributed by atoms with Gasteiger partial charge in [0.15, 0.2) is 0 Å². The smallest absolute Gasteiger partial charge is 0.0150 e. The molecule has 1 fully saturated rings. The second-order valence-corrected chi connectivity index (χ2v) is 2.35. The van der Waals surface area contributed by atoms with Gasteiger partial charge in [-0.2, -0.15) is 0 Å². The predicted molar refractivity (Wildman–Crippen MR) is 35.5 cm³/mol. The van der Waals surface area contributed by atoms with Gasteiger partial charge < -0.3 is 5.32 Å². The van der Waals surface area contributed by atoms with Gasteiger partial charge in [-0.3, -0.25) is 0 Å². The molecule has 0 aromatic rings. The van der Waals surface area contributed by atoms with Gasteiger partial charge in [0.1, 0.15) is 0 Å². The molecule has 0 amide bonds. The molecule has 1 unspecified atom stereocenters. The minimum atomic E-state index is 0.759. The summed E-state index contributed by atoms with van der Waals surface area (Å²) in [5.74, 6) is 0.759. The van der Waals surface area contributed by atoms with Crippen LogP contribution in [0, 0.1) is 5.92 Å². The van der Waals surface area contributed by atoms with E-state index >= 15 is 0 Å². The Morgan fingerprint density at radius 3 is 2.88 bits per heavy atom. The second-order valence-electron chi connectivity index (χ2n) is 2.35.